The van der Waals surface area contributed by atoms with E-state index in [0.29, 0.717) is 0 Å². The van der Waals surface area contributed by atoms with Crippen molar-refractivity contribution in [2.45, 2.75) is 19.0 Å². The number of carboxylic acid groups (broad SMARTS) is 1. The Balaban J connectivity index is 1.92. The summed E-state index contributed by atoms with van der Waals surface area (Å²) in [5.74, 6) is -0.843. The maximum Gasteiger partial charge on any atom is 0.325 e. The number of rotatable bonds is 6. The Morgan fingerprint density at radius 1 is 1.35 bits per heavy atom. The molecular formula is C15H22N2O3. The van der Waals surface area contributed by atoms with Gasteiger partial charge < -0.3 is 9.84 Å². The monoisotopic (exact) mass is 278 g/mol. The Bertz CT molecular complexity index is 418. The Morgan fingerprint density at radius 3 is 2.60 bits per heavy atom. The second-order valence-electron chi connectivity index (χ2n) is 5.16. The highest BCUT2D eigenvalue weighted by atomic mass is 16.5. The van der Waals surface area contributed by atoms with Gasteiger partial charge in [0.25, 0.3) is 0 Å². The molecule has 2 atom stereocenters. The molecule has 1 heterocycles. The van der Waals surface area contributed by atoms with Crippen LogP contribution in [0.1, 0.15) is 18.5 Å². The van der Waals surface area contributed by atoms with Crippen molar-refractivity contribution in [3.05, 3.63) is 35.9 Å². The van der Waals surface area contributed by atoms with Gasteiger partial charge in [0.1, 0.15) is 6.04 Å². The van der Waals surface area contributed by atoms with Gasteiger partial charge >= 0.3 is 5.97 Å². The van der Waals surface area contributed by atoms with E-state index in [1.165, 1.54) is 0 Å². The molecule has 1 saturated heterocycles. The van der Waals surface area contributed by atoms with Crippen molar-refractivity contribution in [3.63, 3.8) is 0 Å². The molecule has 5 heteroatoms. The van der Waals surface area contributed by atoms with Crippen molar-refractivity contribution in [1.29, 1.82) is 0 Å². The van der Waals surface area contributed by atoms with Crippen molar-refractivity contribution in [3.8, 4) is 0 Å². The maximum atomic E-state index is 11.4. The summed E-state index contributed by atoms with van der Waals surface area (Å²) >= 11 is 0. The zero-order chi connectivity index (χ0) is 14.4. The van der Waals surface area contributed by atoms with Crippen LogP contribution in [0, 0.1) is 0 Å². The molecular weight excluding hydrogens is 256 g/mol. The highest BCUT2D eigenvalue weighted by Gasteiger charge is 2.22. The van der Waals surface area contributed by atoms with Gasteiger partial charge in [0.05, 0.1) is 13.2 Å². The first-order valence-electron chi connectivity index (χ1n) is 7.00. The Hall–Kier alpha value is -1.43. The molecule has 1 aromatic rings. The quantitative estimate of drug-likeness (QED) is 0.816. The molecule has 5 nitrogen and oxygen atoms in total. The van der Waals surface area contributed by atoms with Gasteiger partial charge in [0.2, 0.25) is 0 Å². The highest BCUT2D eigenvalue weighted by molar-refractivity contribution is 5.75. The van der Waals surface area contributed by atoms with Crippen LogP contribution in [0.25, 0.3) is 0 Å². The number of nitrogens with one attached hydrogen (secondary N) is 1. The van der Waals surface area contributed by atoms with Crippen molar-refractivity contribution >= 4 is 5.97 Å². The van der Waals surface area contributed by atoms with Crippen LogP contribution >= 0.6 is 0 Å². The molecule has 20 heavy (non-hydrogen) atoms. The molecule has 1 aliphatic rings. The summed E-state index contributed by atoms with van der Waals surface area (Å²) in [5.41, 5.74) is 0.786. The Labute approximate surface area is 119 Å². The molecule has 0 spiro atoms. The van der Waals surface area contributed by atoms with Crippen molar-refractivity contribution in [2.24, 2.45) is 0 Å². The number of benzene rings is 1. The third-order valence-corrected chi connectivity index (χ3v) is 3.47. The van der Waals surface area contributed by atoms with Gasteiger partial charge in [-0.2, -0.15) is 0 Å². The van der Waals surface area contributed by atoms with Gasteiger partial charge in [-0.05, 0) is 12.5 Å². The molecule has 2 unspecified atom stereocenters. The van der Waals surface area contributed by atoms with E-state index >= 15 is 0 Å². The summed E-state index contributed by atoms with van der Waals surface area (Å²) in [7, 11) is 0. The zero-order valence-corrected chi connectivity index (χ0v) is 11.8. The SMILES string of the molecule is CC(CN1CCOCC1)NC(C(=O)O)c1ccccc1. The van der Waals surface area contributed by atoms with Crippen LogP contribution in [0.3, 0.4) is 0 Å². The molecule has 1 fully saturated rings. The van der Waals surface area contributed by atoms with E-state index in [-0.39, 0.29) is 6.04 Å². The predicted octanol–water partition coefficient (Wildman–Crippen LogP) is 1.12. The molecule has 2 N–H and O–H groups in total. The third-order valence-electron chi connectivity index (χ3n) is 3.47. The number of hydrogen-bond acceptors (Lipinski definition) is 4. The van der Waals surface area contributed by atoms with E-state index in [2.05, 4.69) is 10.2 Å². The first kappa shape index (κ1) is 15.0. The zero-order valence-electron chi connectivity index (χ0n) is 11.8. The lowest BCUT2D eigenvalue weighted by atomic mass is 10.1. The second-order valence-corrected chi connectivity index (χ2v) is 5.16. The standard InChI is InChI=1S/C15H22N2O3/c1-12(11-17-7-9-20-10-8-17)16-14(15(18)19)13-5-3-2-4-6-13/h2-6,12,14,16H,7-11H2,1H3,(H,18,19). The molecule has 110 valence electrons. The molecule has 0 aromatic heterocycles. The first-order chi connectivity index (χ1) is 9.66. The second kappa shape index (κ2) is 7.38. The van der Waals surface area contributed by atoms with E-state index in [1.807, 2.05) is 37.3 Å². The molecule has 2 rings (SSSR count). The van der Waals surface area contributed by atoms with Crippen LogP contribution < -0.4 is 5.32 Å². The fourth-order valence-corrected chi connectivity index (χ4v) is 2.46. The lowest BCUT2D eigenvalue weighted by Gasteiger charge is -2.30. The van der Waals surface area contributed by atoms with E-state index in [1.54, 1.807) is 0 Å². The summed E-state index contributed by atoms with van der Waals surface area (Å²) in [6.45, 7) is 6.19. The van der Waals surface area contributed by atoms with Gasteiger partial charge in [0.15, 0.2) is 0 Å². The van der Waals surface area contributed by atoms with Crippen molar-refractivity contribution < 1.29 is 14.6 Å². The molecule has 0 bridgehead atoms. The molecule has 0 radical (unpaired) electrons. The lowest BCUT2D eigenvalue weighted by Crippen LogP contribution is -2.46. The van der Waals surface area contributed by atoms with E-state index < -0.39 is 12.0 Å². The molecule has 1 aromatic carbocycles. The van der Waals surface area contributed by atoms with Crippen LogP contribution in [0.5, 0.6) is 0 Å². The summed E-state index contributed by atoms with van der Waals surface area (Å²) < 4.78 is 5.31. The number of carbonyl (C=O) groups is 1. The maximum absolute atomic E-state index is 11.4. The number of nitrogens with zero attached hydrogens (tertiary/aromatic N) is 1. The minimum absolute atomic E-state index is 0.106. The van der Waals surface area contributed by atoms with Crippen LogP contribution in [0.15, 0.2) is 30.3 Å². The van der Waals surface area contributed by atoms with Gasteiger partial charge in [-0.1, -0.05) is 30.3 Å². The molecule has 1 aliphatic heterocycles. The van der Waals surface area contributed by atoms with Crippen molar-refractivity contribution in [2.75, 3.05) is 32.8 Å². The number of morpholine rings is 1. The number of aliphatic carboxylic acids is 1. The average Bonchev–Trinajstić information content (AvgIpc) is 2.46. The van der Waals surface area contributed by atoms with Gasteiger partial charge in [-0.15, -0.1) is 0 Å². The molecule has 0 saturated carbocycles. The fourth-order valence-electron chi connectivity index (χ4n) is 2.46. The fraction of sp³-hybridized carbons (Fsp3) is 0.533. The normalized spacial score (nSPS) is 19.4. The van der Waals surface area contributed by atoms with E-state index in [0.717, 1.165) is 38.4 Å². The first-order valence-corrected chi connectivity index (χ1v) is 7.00. The van der Waals surface area contributed by atoms with Gasteiger partial charge in [-0.3, -0.25) is 15.0 Å². The summed E-state index contributed by atoms with van der Waals surface area (Å²) in [6.07, 6.45) is 0. The highest BCUT2D eigenvalue weighted by Crippen LogP contribution is 2.14. The van der Waals surface area contributed by atoms with Crippen LogP contribution in [0.2, 0.25) is 0 Å². The lowest BCUT2D eigenvalue weighted by molar-refractivity contribution is -0.140. The Kier molecular flexibility index (Phi) is 5.52. The van der Waals surface area contributed by atoms with E-state index in [9.17, 15) is 9.90 Å². The van der Waals surface area contributed by atoms with E-state index in [4.69, 9.17) is 4.74 Å². The Morgan fingerprint density at radius 2 is 2.00 bits per heavy atom. The summed E-state index contributed by atoms with van der Waals surface area (Å²) in [4.78, 5) is 13.7. The molecule has 0 amide bonds. The minimum atomic E-state index is -0.843. The minimum Gasteiger partial charge on any atom is -0.480 e. The van der Waals surface area contributed by atoms with Crippen LogP contribution in [-0.2, 0) is 9.53 Å². The predicted molar refractivity (Wildman–Crippen MR) is 76.7 cm³/mol. The number of carboxylic acids is 1. The summed E-state index contributed by atoms with van der Waals surface area (Å²) in [5, 5.41) is 12.6. The van der Waals surface area contributed by atoms with Crippen LogP contribution in [-0.4, -0.2) is 54.9 Å². The largest absolute Gasteiger partial charge is 0.480 e. The van der Waals surface area contributed by atoms with Crippen LogP contribution in [0.4, 0.5) is 0 Å². The summed E-state index contributed by atoms with van der Waals surface area (Å²) in [6, 6.07) is 8.74. The topological polar surface area (TPSA) is 61.8 Å². The number of ether oxygens (including phenoxy) is 1. The van der Waals surface area contributed by atoms with Crippen molar-refractivity contribution in [1.82, 2.24) is 10.2 Å². The van der Waals surface area contributed by atoms with Gasteiger partial charge in [-0.25, -0.2) is 0 Å². The third kappa shape index (κ3) is 4.30. The van der Waals surface area contributed by atoms with Gasteiger partial charge in [0, 0.05) is 25.7 Å². The average molecular weight is 278 g/mol. The number of hydrogen-bond donors (Lipinski definition) is 2. The smallest absolute Gasteiger partial charge is 0.325 e. The molecule has 0 aliphatic carbocycles.